The Labute approximate surface area is 72.4 Å². The summed E-state index contributed by atoms with van der Waals surface area (Å²) >= 11 is 0. The Kier molecular flexibility index (Phi) is 3.53. The molecule has 1 rings (SSSR count). The van der Waals surface area contributed by atoms with E-state index in [9.17, 15) is 4.79 Å². The highest BCUT2D eigenvalue weighted by molar-refractivity contribution is 5.67. The molecule has 0 saturated heterocycles. The fourth-order valence-electron chi connectivity index (χ4n) is 1.79. The Morgan fingerprint density at radius 3 is 2.92 bits per heavy atom. The highest BCUT2D eigenvalue weighted by Crippen LogP contribution is 2.29. The predicted molar refractivity (Wildman–Crippen MR) is 44.5 cm³/mol. The van der Waals surface area contributed by atoms with Crippen molar-refractivity contribution in [3.8, 4) is 0 Å². The van der Waals surface area contributed by atoms with Crippen molar-refractivity contribution in [3.63, 3.8) is 0 Å². The molecule has 3 heteroatoms. The first-order chi connectivity index (χ1) is 5.72. The summed E-state index contributed by atoms with van der Waals surface area (Å²) in [4.78, 5) is 10.4. The van der Waals surface area contributed by atoms with Gasteiger partial charge in [-0.3, -0.25) is 4.79 Å². The van der Waals surface area contributed by atoms with Crippen molar-refractivity contribution < 1.29 is 15.0 Å². The van der Waals surface area contributed by atoms with Crippen LogP contribution in [0.15, 0.2) is 0 Å². The summed E-state index contributed by atoms with van der Waals surface area (Å²) in [6.07, 6.45) is 5.09. The van der Waals surface area contributed by atoms with Gasteiger partial charge in [0, 0.05) is 13.0 Å². The lowest BCUT2D eigenvalue weighted by Crippen LogP contribution is -2.20. The number of carboxylic acids is 1. The Morgan fingerprint density at radius 1 is 1.58 bits per heavy atom. The van der Waals surface area contributed by atoms with Gasteiger partial charge in [0.1, 0.15) is 0 Å². The van der Waals surface area contributed by atoms with Crippen LogP contribution in [-0.4, -0.2) is 22.8 Å². The molecule has 0 amide bonds. The highest BCUT2D eigenvalue weighted by Gasteiger charge is 2.23. The van der Waals surface area contributed by atoms with Crippen molar-refractivity contribution in [1.29, 1.82) is 0 Å². The van der Waals surface area contributed by atoms with Gasteiger partial charge in [0.15, 0.2) is 0 Å². The summed E-state index contributed by atoms with van der Waals surface area (Å²) in [6, 6.07) is 0. The van der Waals surface area contributed by atoms with E-state index in [0.29, 0.717) is 0 Å². The van der Waals surface area contributed by atoms with E-state index in [0.717, 1.165) is 19.3 Å². The van der Waals surface area contributed by atoms with E-state index in [4.69, 9.17) is 10.2 Å². The van der Waals surface area contributed by atoms with Gasteiger partial charge in [-0.05, 0) is 37.5 Å². The number of hydrogen-bond acceptors (Lipinski definition) is 2. The average molecular weight is 171 g/mol. The Balaban J connectivity index is 2.30. The molecule has 0 bridgehead atoms. The quantitative estimate of drug-likeness (QED) is 0.668. The molecule has 69 valence electrons. The summed E-state index contributed by atoms with van der Waals surface area (Å²) in [5.41, 5.74) is 0. The van der Waals surface area contributed by atoms with E-state index in [1.54, 1.807) is 0 Å². The number of carboxylic acid groups (broad SMARTS) is 1. The fraction of sp³-hybridized carbons (Fsp3) is 0.778. The van der Waals surface area contributed by atoms with Crippen LogP contribution in [0.2, 0.25) is 0 Å². The maximum absolute atomic E-state index is 10.4. The average Bonchev–Trinajstić information content (AvgIpc) is 2.03. The third kappa shape index (κ3) is 2.81. The van der Waals surface area contributed by atoms with Gasteiger partial charge in [-0.15, -0.1) is 0 Å². The van der Waals surface area contributed by atoms with Crippen LogP contribution in [0.1, 0.15) is 25.7 Å². The molecule has 1 radical (unpaired) electrons. The van der Waals surface area contributed by atoms with E-state index in [1.807, 2.05) is 0 Å². The smallest absolute Gasteiger partial charge is 0.303 e. The predicted octanol–water partition coefficient (Wildman–Crippen LogP) is 1.07. The summed E-state index contributed by atoms with van der Waals surface area (Å²) in [6.45, 7) is 0.163. The van der Waals surface area contributed by atoms with Gasteiger partial charge < -0.3 is 10.2 Å². The molecule has 1 aliphatic rings. The topological polar surface area (TPSA) is 57.5 Å². The lowest BCUT2D eigenvalue weighted by molar-refractivity contribution is -0.138. The van der Waals surface area contributed by atoms with E-state index < -0.39 is 5.97 Å². The van der Waals surface area contributed by atoms with Crippen molar-refractivity contribution in [3.05, 3.63) is 6.42 Å². The first kappa shape index (κ1) is 9.52. The van der Waals surface area contributed by atoms with Crippen molar-refractivity contribution in [1.82, 2.24) is 0 Å². The van der Waals surface area contributed by atoms with Gasteiger partial charge in [0.25, 0.3) is 0 Å². The van der Waals surface area contributed by atoms with Crippen LogP contribution in [0.5, 0.6) is 0 Å². The molecule has 3 nitrogen and oxygen atoms in total. The fourth-order valence-corrected chi connectivity index (χ4v) is 1.79. The molecule has 0 aromatic heterocycles. The second-order valence-corrected chi connectivity index (χ2v) is 3.46. The summed E-state index contributed by atoms with van der Waals surface area (Å²) in [5, 5.41) is 17.4. The van der Waals surface area contributed by atoms with Crippen LogP contribution in [0.4, 0.5) is 0 Å². The molecule has 0 heterocycles. The molecule has 12 heavy (non-hydrogen) atoms. The third-order valence-corrected chi connectivity index (χ3v) is 2.41. The number of aliphatic hydroxyl groups is 1. The van der Waals surface area contributed by atoms with Gasteiger partial charge in [-0.2, -0.15) is 0 Å². The number of aliphatic carboxylic acids is 1. The van der Waals surface area contributed by atoms with Gasteiger partial charge >= 0.3 is 5.97 Å². The molecule has 1 aliphatic carbocycles. The van der Waals surface area contributed by atoms with Crippen molar-refractivity contribution in [2.75, 3.05) is 6.61 Å². The Hall–Kier alpha value is -0.570. The zero-order valence-corrected chi connectivity index (χ0v) is 7.07. The van der Waals surface area contributed by atoms with E-state index in [-0.39, 0.29) is 24.9 Å². The SMILES string of the molecule is O=C(O)CC1CC[CH]C(CO)C1. The van der Waals surface area contributed by atoms with Gasteiger partial charge in [0.05, 0.1) is 0 Å². The van der Waals surface area contributed by atoms with Crippen molar-refractivity contribution in [2.24, 2.45) is 11.8 Å². The molecular weight excluding hydrogens is 156 g/mol. The maximum atomic E-state index is 10.4. The number of hydrogen-bond donors (Lipinski definition) is 2. The second-order valence-electron chi connectivity index (χ2n) is 3.46. The summed E-state index contributed by atoms with van der Waals surface area (Å²) in [5.74, 6) is -0.230. The third-order valence-electron chi connectivity index (χ3n) is 2.41. The minimum Gasteiger partial charge on any atom is -0.481 e. The van der Waals surface area contributed by atoms with Gasteiger partial charge in [0.2, 0.25) is 0 Å². The lowest BCUT2D eigenvalue weighted by Gasteiger charge is -2.26. The molecule has 0 aliphatic heterocycles. The first-order valence-corrected chi connectivity index (χ1v) is 4.38. The lowest BCUT2D eigenvalue weighted by atomic mass is 9.80. The molecule has 0 spiro atoms. The Bertz CT molecular complexity index is 156. The molecule has 2 N–H and O–H groups in total. The molecule has 1 fully saturated rings. The number of aliphatic hydroxyl groups excluding tert-OH is 1. The molecular formula is C9H15O3. The molecule has 2 unspecified atom stereocenters. The van der Waals surface area contributed by atoms with E-state index in [1.165, 1.54) is 0 Å². The summed E-state index contributed by atoms with van der Waals surface area (Å²) in [7, 11) is 0. The van der Waals surface area contributed by atoms with Crippen molar-refractivity contribution in [2.45, 2.75) is 25.7 Å². The normalized spacial score (nSPS) is 30.1. The first-order valence-electron chi connectivity index (χ1n) is 4.38. The minimum absolute atomic E-state index is 0.163. The van der Waals surface area contributed by atoms with Crippen LogP contribution in [-0.2, 0) is 4.79 Å². The molecule has 1 saturated carbocycles. The molecule has 0 aromatic rings. The van der Waals surface area contributed by atoms with Crippen molar-refractivity contribution >= 4 is 5.97 Å². The van der Waals surface area contributed by atoms with Gasteiger partial charge in [-0.25, -0.2) is 0 Å². The Morgan fingerprint density at radius 2 is 2.33 bits per heavy atom. The van der Waals surface area contributed by atoms with E-state index >= 15 is 0 Å². The minimum atomic E-state index is -0.724. The monoisotopic (exact) mass is 171 g/mol. The van der Waals surface area contributed by atoms with Crippen LogP contribution in [0.3, 0.4) is 0 Å². The van der Waals surface area contributed by atoms with E-state index in [2.05, 4.69) is 6.42 Å². The van der Waals surface area contributed by atoms with Crippen LogP contribution >= 0.6 is 0 Å². The summed E-state index contributed by atoms with van der Waals surface area (Å²) < 4.78 is 0. The van der Waals surface area contributed by atoms with Gasteiger partial charge in [-0.1, -0.05) is 0 Å². The standard InChI is InChI=1S/C9H15O3/c10-6-8-3-1-2-7(4-8)5-9(11)12/h3,7-8,10H,1-2,4-6H2,(H,11,12). The molecule has 2 atom stereocenters. The second kappa shape index (κ2) is 4.45. The van der Waals surface area contributed by atoms with Crippen LogP contribution in [0.25, 0.3) is 0 Å². The zero-order valence-electron chi connectivity index (χ0n) is 7.07. The maximum Gasteiger partial charge on any atom is 0.303 e. The largest absolute Gasteiger partial charge is 0.481 e. The van der Waals surface area contributed by atoms with Crippen LogP contribution < -0.4 is 0 Å². The molecule has 0 aromatic carbocycles. The highest BCUT2D eigenvalue weighted by atomic mass is 16.4. The number of rotatable bonds is 3. The van der Waals surface area contributed by atoms with Crippen LogP contribution in [0, 0.1) is 18.3 Å². The number of carbonyl (C=O) groups is 1. The zero-order chi connectivity index (χ0) is 8.97.